The molecule has 0 aliphatic carbocycles. The monoisotopic (exact) mass is 345 g/mol. The summed E-state index contributed by atoms with van der Waals surface area (Å²) in [6, 6.07) is 10.1. The molecular weight excluding hydrogens is 322 g/mol. The van der Waals surface area contributed by atoms with Crippen LogP contribution in [0.4, 0.5) is 11.4 Å². The molecule has 1 aliphatic rings. The lowest BCUT2D eigenvalue weighted by Gasteiger charge is -2.30. The van der Waals surface area contributed by atoms with Crippen LogP contribution >= 0.6 is 11.3 Å². The van der Waals surface area contributed by atoms with E-state index in [-0.39, 0.29) is 5.91 Å². The van der Waals surface area contributed by atoms with E-state index in [0.29, 0.717) is 16.7 Å². The third-order valence-corrected chi connectivity index (χ3v) is 5.20. The van der Waals surface area contributed by atoms with E-state index < -0.39 is 0 Å². The first kappa shape index (κ1) is 16.8. The second kappa shape index (κ2) is 7.68. The van der Waals surface area contributed by atoms with Crippen molar-refractivity contribution in [2.75, 3.05) is 37.9 Å². The molecular formula is C18H23N3O2S. The standard InChI is InChI=1S/C18H23N3O2S/c1-21-10-7-13(8-11-21)19-14-5-3-4-6-15(14)20-18(22)17-16(23-2)9-12-24-17/h3-6,9,12-13,19H,7-8,10-11H2,1-2H3,(H,20,22). The molecule has 1 amide bonds. The second-order valence-electron chi connectivity index (χ2n) is 6.04. The molecule has 1 aromatic heterocycles. The van der Waals surface area contributed by atoms with Gasteiger partial charge in [-0.1, -0.05) is 12.1 Å². The highest BCUT2D eigenvalue weighted by Gasteiger charge is 2.19. The SMILES string of the molecule is COc1ccsc1C(=O)Nc1ccccc1NC1CCN(C)CC1. The molecule has 1 fully saturated rings. The van der Waals surface area contributed by atoms with Crippen LogP contribution in [0.25, 0.3) is 0 Å². The zero-order valence-electron chi connectivity index (χ0n) is 14.0. The highest BCUT2D eigenvalue weighted by atomic mass is 32.1. The molecule has 2 aromatic rings. The van der Waals surface area contributed by atoms with E-state index in [1.54, 1.807) is 7.11 Å². The van der Waals surface area contributed by atoms with Gasteiger partial charge < -0.3 is 20.3 Å². The van der Waals surface area contributed by atoms with Gasteiger partial charge in [0, 0.05) is 6.04 Å². The third kappa shape index (κ3) is 3.88. The summed E-state index contributed by atoms with van der Waals surface area (Å²) in [6.45, 7) is 2.19. The topological polar surface area (TPSA) is 53.6 Å². The summed E-state index contributed by atoms with van der Waals surface area (Å²) in [5, 5.41) is 8.44. The van der Waals surface area contributed by atoms with Crippen LogP contribution < -0.4 is 15.4 Å². The van der Waals surface area contributed by atoms with Crippen LogP contribution in [-0.2, 0) is 0 Å². The molecule has 1 saturated heterocycles. The minimum Gasteiger partial charge on any atom is -0.495 e. The lowest BCUT2D eigenvalue weighted by Crippen LogP contribution is -2.36. The largest absolute Gasteiger partial charge is 0.495 e. The number of ether oxygens (including phenoxy) is 1. The number of para-hydroxylation sites is 2. The molecule has 0 saturated carbocycles. The fourth-order valence-electron chi connectivity index (χ4n) is 2.89. The Morgan fingerprint density at radius 3 is 2.62 bits per heavy atom. The number of benzene rings is 1. The zero-order chi connectivity index (χ0) is 16.9. The van der Waals surface area contributed by atoms with E-state index in [0.717, 1.165) is 37.3 Å². The predicted octanol–water partition coefficient (Wildman–Crippen LogP) is 3.52. The average molecular weight is 345 g/mol. The number of nitrogens with zero attached hydrogens (tertiary/aromatic N) is 1. The number of likely N-dealkylation sites (tertiary alicyclic amines) is 1. The van der Waals surface area contributed by atoms with E-state index in [2.05, 4.69) is 22.6 Å². The van der Waals surface area contributed by atoms with Crippen LogP contribution in [0.1, 0.15) is 22.5 Å². The van der Waals surface area contributed by atoms with Gasteiger partial charge in [-0.15, -0.1) is 11.3 Å². The molecule has 3 rings (SSSR count). The number of methoxy groups -OCH3 is 1. The number of rotatable bonds is 5. The van der Waals surface area contributed by atoms with E-state index in [4.69, 9.17) is 4.74 Å². The average Bonchev–Trinajstić information content (AvgIpc) is 3.07. The number of hydrogen-bond donors (Lipinski definition) is 2. The van der Waals surface area contributed by atoms with Crippen molar-refractivity contribution >= 4 is 28.6 Å². The van der Waals surface area contributed by atoms with Crippen molar-refractivity contribution < 1.29 is 9.53 Å². The van der Waals surface area contributed by atoms with Gasteiger partial charge in [0.2, 0.25) is 0 Å². The summed E-state index contributed by atoms with van der Waals surface area (Å²) in [5.74, 6) is 0.470. The molecule has 0 bridgehead atoms. The lowest BCUT2D eigenvalue weighted by molar-refractivity contribution is 0.102. The molecule has 1 aromatic carbocycles. The highest BCUT2D eigenvalue weighted by Crippen LogP contribution is 2.28. The van der Waals surface area contributed by atoms with Gasteiger partial charge in [-0.25, -0.2) is 0 Å². The van der Waals surface area contributed by atoms with Crippen LogP contribution in [0.2, 0.25) is 0 Å². The van der Waals surface area contributed by atoms with Crippen molar-refractivity contribution in [3.63, 3.8) is 0 Å². The van der Waals surface area contributed by atoms with Crippen molar-refractivity contribution in [2.45, 2.75) is 18.9 Å². The van der Waals surface area contributed by atoms with Crippen molar-refractivity contribution in [3.05, 3.63) is 40.6 Å². The maximum atomic E-state index is 12.5. The third-order valence-electron chi connectivity index (χ3n) is 4.31. The smallest absolute Gasteiger partial charge is 0.269 e. The van der Waals surface area contributed by atoms with Crippen LogP contribution in [0.15, 0.2) is 35.7 Å². The summed E-state index contributed by atoms with van der Waals surface area (Å²) < 4.78 is 5.24. The molecule has 1 aliphatic heterocycles. The quantitative estimate of drug-likeness (QED) is 0.871. The lowest BCUT2D eigenvalue weighted by atomic mass is 10.0. The Bertz CT molecular complexity index is 693. The second-order valence-corrected chi connectivity index (χ2v) is 6.96. The summed E-state index contributed by atoms with van der Waals surface area (Å²) in [7, 11) is 3.73. The number of thiophene rings is 1. The first-order valence-electron chi connectivity index (χ1n) is 8.14. The van der Waals surface area contributed by atoms with Crippen molar-refractivity contribution in [1.82, 2.24) is 4.90 Å². The molecule has 24 heavy (non-hydrogen) atoms. The van der Waals surface area contributed by atoms with Crippen LogP contribution in [-0.4, -0.2) is 44.1 Å². The molecule has 0 atom stereocenters. The number of anilines is 2. The van der Waals surface area contributed by atoms with Gasteiger partial charge in [-0.2, -0.15) is 0 Å². The molecule has 0 radical (unpaired) electrons. The number of amides is 1. The predicted molar refractivity (Wildman–Crippen MR) is 99.4 cm³/mol. The number of hydrogen-bond acceptors (Lipinski definition) is 5. The summed E-state index contributed by atoms with van der Waals surface area (Å²) in [4.78, 5) is 15.5. The molecule has 128 valence electrons. The molecule has 2 N–H and O–H groups in total. The summed E-state index contributed by atoms with van der Waals surface area (Å²) in [6.07, 6.45) is 2.22. The molecule has 5 nitrogen and oxygen atoms in total. The van der Waals surface area contributed by atoms with Gasteiger partial charge >= 0.3 is 0 Å². The first-order valence-corrected chi connectivity index (χ1v) is 9.02. The Balaban J connectivity index is 1.71. The normalized spacial score (nSPS) is 15.9. The maximum Gasteiger partial charge on any atom is 0.269 e. The van der Waals surface area contributed by atoms with E-state index in [9.17, 15) is 4.79 Å². The zero-order valence-corrected chi connectivity index (χ0v) is 14.9. The molecule has 6 heteroatoms. The van der Waals surface area contributed by atoms with Gasteiger partial charge in [0.05, 0.1) is 18.5 Å². The van der Waals surface area contributed by atoms with Gasteiger partial charge in [-0.05, 0) is 56.6 Å². The molecule has 2 heterocycles. The van der Waals surface area contributed by atoms with Gasteiger partial charge in [0.15, 0.2) is 0 Å². The van der Waals surface area contributed by atoms with Crippen molar-refractivity contribution in [2.24, 2.45) is 0 Å². The molecule has 0 unspecified atom stereocenters. The minimum atomic E-state index is -0.139. The van der Waals surface area contributed by atoms with Crippen LogP contribution in [0.5, 0.6) is 5.75 Å². The van der Waals surface area contributed by atoms with E-state index >= 15 is 0 Å². The Labute approximate surface area is 146 Å². The Hall–Kier alpha value is -2.05. The Morgan fingerprint density at radius 2 is 1.92 bits per heavy atom. The fourth-order valence-corrected chi connectivity index (χ4v) is 3.65. The number of carbonyl (C=O) groups excluding carboxylic acids is 1. The van der Waals surface area contributed by atoms with Crippen LogP contribution in [0, 0.1) is 0 Å². The maximum absolute atomic E-state index is 12.5. The number of nitrogens with one attached hydrogen (secondary N) is 2. The summed E-state index contributed by atoms with van der Waals surface area (Å²) in [5.41, 5.74) is 1.77. The minimum absolute atomic E-state index is 0.139. The van der Waals surface area contributed by atoms with Gasteiger partial charge in [0.25, 0.3) is 5.91 Å². The number of piperidine rings is 1. The number of carbonyl (C=O) groups is 1. The fraction of sp³-hybridized carbons (Fsp3) is 0.389. The Kier molecular flexibility index (Phi) is 5.37. The van der Waals surface area contributed by atoms with E-state index in [1.165, 1.54) is 11.3 Å². The summed E-state index contributed by atoms with van der Waals surface area (Å²) >= 11 is 1.38. The van der Waals surface area contributed by atoms with Crippen molar-refractivity contribution in [3.8, 4) is 5.75 Å². The van der Waals surface area contributed by atoms with Gasteiger partial charge in [-0.3, -0.25) is 4.79 Å². The van der Waals surface area contributed by atoms with Gasteiger partial charge in [0.1, 0.15) is 10.6 Å². The first-order chi connectivity index (χ1) is 11.7. The Morgan fingerprint density at radius 1 is 1.21 bits per heavy atom. The molecule has 0 spiro atoms. The van der Waals surface area contributed by atoms with Crippen LogP contribution in [0.3, 0.4) is 0 Å². The van der Waals surface area contributed by atoms with E-state index in [1.807, 2.05) is 35.7 Å². The van der Waals surface area contributed by atoms with Crippen molar-refractivity contribution in [1.29, 1.82) is 0 Å². The highest BCUT2D eigenvalue weighted by molar-refractivity contribution is 7.12.